The van der Waals surface area contributed by atoms with Crippen molar-refractivity contribution >= 4 is 0 Å². The minimum Gasteiger partial charge on any atom is -0.491 e. The Bertz CT molecular complexity index is 381. The van der Waals surface area contributed by atoms with Crippen LogP contribution in [0.4, 0.5) is 0 Å². The molecule has 4 heteroatoms. The minimum absolute atomic E-state index is 0.0629. The number of rotatable bonds is 3. The SMILES string of the molecule is c1ccc(OCC2COOC3(CCCCC3)O2)cc1. The number of benzene rings is 1. The second-order valence-electron chi connectivity index (χ2n) is 5.20. The van der Waals surface area contributed by atoms with E-state index in [2.05, 4.69) is 0 Å². The molecule has 19 heavy (non-hydrogen) atoms. The van der Waals surface area contributed by atoms with Crippen LogP contribution in [0.3, 0.4) is 0 Å². The van der Waals surface area contributed by atoms with Crippen molar-refractivity contribution in [2.24, 2.45) is 0 Å². The molecule has 0 bridgehead atoms. The first-order valence-electron chi connectivity index (χ1n) is 7.03. The van der Waals surface area contributed by atoms with E-state index in [0.29, 0.717) is 13.2 Å². The molecule has 0 amide bonds. The van der Waals surface area contributed by atoms with E-state index in [9.17, 15) is 0 Å². The third-order valence-corrected chi connectivity index (χ3v) is 3.64. The van der Waals surface area contributed by atoms with Crippen LogP contribution in [0.25, 0.3) is 0 Å². The Labute approximate surface area is 113 Å². The van der Waals surface area contributed by atoms with Gasteiger partial charge in [-0.3, -0.25) is 0 Å². The Morgan fingerprint density at radius 1 is 1.11 bits per heavy atom. The van der Waals surface area contributed by atoms with E-state index in [4.69, 9.17) is 19.2 Å². The molecule has 104 valence electrons. The molecule has 0 radical (unpaired) electrons. The second-order valence-corrected chi connectivity index (χ2v) is 5.20. The lowest BCUT2D eigenvalue weighted by molar-refractivity contribution is -0.486. The van der Waals surface area contributed by atoms with Gasteiger partial charge in [0.1, 0.15) is 25.1 Å². The van der Waals surface area contributed by atoms with Crippen molar-refractivity contribution in [1.82, 2.24) is 0 Å². The minimum atomic E-state index is -0.527. The summed E-state index contributed by atoms with van der Waals surface area (Å²) in [6.07, 6.45) is 5.28. The normalized spacial score (nSPS) is 26.2. The van der Waals surface area contributed by atoms with Crippen LogP contribution in [0.5, 0.6) is 5.75 Å². The standard InChI is InChI=1S/C15H20O4/c1-3-7-13(8-4-1)16-11-14-12-17-19-15(18-14)9-5-2-6-10-15/h1,3-4,7-8,14H,2,5-6,9-12H2. The van der Waals surface area contributed by atoms with Gasteiger partial charge in [0.15, 0.2) is 0 Å². The monoisotopic (exact) mass is 264 g/mol. The third kappa shape index (κ3) is 3.26. The highest BCUT2D eigenvalue weighted by molar-refractivity contribution is 5.20. The average molecular weight is 264 g/mol. The molecule has 1 aromatic rings. The Hall–Kier alpha value is -1.10. The molecule has 1 saturated heterocycles. The van der Waals surface area contributed by atoms with Gasteiger partial charge in [-0.1, -0.05) is 24.6 Å². The summed E-state index contributed by atoms with van der Waals surface area (Å²) in [5, 5.41) is 0. The van der Waals surface area contributed by atoms with E-state index in [1.54, 1.807) is 0 Å². The van der Waals surface area contributed by atoms with Crippen LogP contribution in [-0.4, -0.2) is 25.1 Å². The highest BCUT2D eigenvalue weighted by atomic mass is 17.2. The first kappa shape index (κ1) is 12.9. The van der Waals surface area contributed by atoms with Crippen molar-refractivity contribution in [1.29, 1.82) is 0 Å². The molecule has 1 spiro atoms. The number of ether oxygens (including phenoxy) is 2. The van der Waals surface area contributed by atoms with Gasteiger partial charge >= 0.3 is 0 Å². The van der Waals surface area contributed by atoms with Gasteiger partial charge in [-0.25, -0.2) is 9.78 Å². The van der Waals surface area contributed by atoms with Crippen LogP contribution in [-0.2, 0) is 14.5 Å². The summed E-state index contributed by atoms with van der Waals surface area (Å²) < 4.78 is 11.8. The molecule has 2 fully saturated rings. The van der Waals surface area contributed by atoms with E-state index in [0.717, 1.165) is 31.4 Å². The summed E-state index contributed by atoms with van der Waals surface area (Å²) in [6, 6.07) is 9.77. The molecular formula is C15H20O4. The highest BCUT2D eigenvalue weighted by Crippen LogP contribution is 2.36. The van der Waals surface area contributed by atoms with Gasteiger partial charge in [0.25, 0.3) is 0 Å². The first-order chi connectivity index (χ1) is 9.36. The molecule has 0 N–H and O–H groups in total. The molecular weight excluding hydrogens is 244 g/mol. The van der Waals surface area contributed by atoms with E-state index < -0.39 is 5.79 Å². The molecule has 1 aliphatic heterocycles. The van der Waals surface area contributed by atoms with Crippen LogP contribution in [0.1, 0.15) is 32.1 Å². The topological polar surface area (TPSA) is 36.9 Å². The predicted molar refractivity (Wildman–Crippen MR) is 69.7 cm³/mol. The van der Waals surface area contributed by atoms with E-state index in [1.807, 2.05) is 30.3 Å². The highest BCUT2D eigenvalue weighted by Gasteiger charge is 2.41. The Balaban J connectivity index is 1.53. The maximum atomic E-state index is 6.06. The molecule has 1 saturated carbocycles. The maximum absolute atomic E-state index is 6.06. The van der Waals surface area contributed by atoms with Crippen molar-refractivity contribution in [3.05, 3.63) is 30.3 Å². The van der Waals surface area contributed by atoms with Gasteiger partial charge < -0.3 is 9.47 Å². The first-order valence-corrected chi connectivity index (χ1v) is 7.03. The molecule has 1 aliphatic carbocycles. The van der Waals surface area contributed by atoms with Crippen LogP contribution < -0.4 is 4.74 Å². The van der Waals surface area contributed by atoms with Crippen molar-refractivity contribution in [3.63, 3.8) is 0 Å². The zero-order valence-corrected chi connectivity index (χ0v) is 11.0. The zero-order valence-electron chi connectivity index (χ0n) is 11.0. The lowest BCUT2D eigenvalue weighted by Gasteiger charge is -2.41. The van der Waals surface area contributed by atoms with Crippen LogP contribution in [0, 0.1) is 0 Å². The maximum Gasteiger partial charge on any atom is 0.202 e. The summed E-state index contributed by atoms with van der Waals surface area (Å²) in [6.45, 7) is 0.920. The molecule has 3 rings (SSSR count). The summed E-state index contributed by atoms with van der Waals surface area (Å²) in [4.78, 5) is 10.7. The number of hydrogen-bond acceptors (Lipinski definition) is 4. The van der Waals surface area contributed by atoms with Crippen LogP contribution in [0.2, 0.25) is 0 Å². The van der Waals surface area contributed by atoms with Crippen LogP contribution >= 0.6 is 0 Å². The van der Waals surface area contributed by atoms with E-state index in [-0.39, 0.29) is 6.10 Å². The second kappa shape index (κ2) is 5.90. The fraction of sp³-hybridized carbons (Fsp3) is 0.600. The number of para-hydroxylation sites is 1. The molecule has 1 unspecified atom stereocenters. The Morgan fingerprint density at radius 3 is 2.68 bits per heavy atom. The number of hydrogen-bond donors (Lipinski definition) is 0. The Morgan fingerprint density at radius 2 is 1.89 bits per heavy atom. The van der Waals surface area contributed by atoms with Gasteiger partial charge in [-0.2, -0.15) is 0 Å². The van der Waals surface area contributed by atoms with Gasteiger partial charge in [-0.15, -0.1) is 0 Å². The lowest BCUT2D eigenvalue weighted by Crippen LogP contribution is -2.49. The molecule has 4 nitrogen and oxygen atoms in total. The van der Waals surface area contributed by atoms with E-state index in [1.165, 1.54) is 6.42 Å². The van der Waals surface area contributed by atoms with Crippen molar-refractivity contribution in [3.8, 4) is 5.75 Å². The fourth-order valence-corrected chi connectivity index (χ4v) is 2.65. The smallest absolute Gasteiger partial charge is 0.202 e. The summed E-state index contributed by atoms with van der Waals surface area (Å²) >= 11 is 0. The van der Waals surface area contributed by atoms with Crippen LogP contribution in [0.15, 0.2) is 30.3 Å². The molecule has 2 aliphatic rings. The molecule has 1 atom stereocenters. The van der Waals surface area contributed by atoms with Crippen molar-refractivity contribution < 1.29 is 19.2 Å². The lowest BCUT2D eigenvalue weighted by atomic mass is 9.94. The summed E-state index contributed by atoms with van der Waals surface area (Å²) in [5.74, 6) is 0.330. The molecule has 1 aromatic carbocycles. The van der Waals surface area contributed by atoms with Crippen molar-refractivity contribution in [2.75, 3.05) is 13.2 Å². The van der Waals surface area contributed by atoms with Gasteiger partial charge in [0.2, 0.25) is 5.79 Å². The molecule has 1 heterocycles. The summed E-state index contributed by atoms with van der Waals surface area (Å²) in [5.41, 5.74) is 0. The quantitative estimate of drug-likeness (QED) is 0.786. The summed E-state index contributed by atoms with van der Waals surface area (Å²) in [7, 11) is 0. The fourth-order valence-electron chi connectivity index (χ4n) is 2.65. The largest absolute Gasteiger partial charge is 0.491 e. The van der Waals surface area contributed by atoms with Gasteiger partial charge in [-0.05, 0) is 25.0 Å². The Kier molecular flexibility index (Phi) is 4.01. The average Bonchev–Trinajstić information content (AvgIpc) is 2.47. The zero-order chi connectivity index (χ0) is 13.0. The molecule has 0 aromatic heterocycles. The van der Waals surface area contributed by atoms with Crippen molar-refractivity contribution in [2.45, 2.75) is 44.0 Å². The van der Waals surface area contributed by atoms with E-state index >= 15 is 0 Å². The van der Waals surface area contributed by atoms with Gasteiger partial charge in [0, 0.05) is 12.8 Å². The third-order valence-electron chi connectivity index (χ3n) is 3.64. The predicted octanol–water partition coefficient (Wildman–Crippen LogP) is 3.07. The van der Waals surface area contributed by atoms with Gasteiger partial charge in [0.05, 0.1) is 0 Å².